The first-order valence-corrected chi connectivity index (χ1v) is 7.53. The number of hydrogen-bond donors (Lipinski definition) is 1. The predicted molar refractivity (Wildman–Crippen MR) is 78.9 cm³/mol. The van der Waals surface area contributed by atoms with Crippen LogP contribution >= 0.6 is 0 Å². The van der Waals surface area contributed by atoms with E-state index in [1.54, 1.807) is 0 Å². The zero-order valence-corrected chi connectivity index (χ0v) is 12.1. The summed E-state index contributed by atoms with van der Waals surface area (Å²) in [5.41, 5.74) is 5.86. The van der Waals surface area contributed by atoms with E-state index >= 15 is 0 Å². The molecule has 1 heterocycles. The number of benzene rings is 1. The van der Waals surface area contributed by atoms with Gasteiger partial charge in [-0.15, -0.1) is 0 Å². The molecular formula is C16H21N3O2. The number of para-hydroxylation sites is 1. The zero-order valence-electron chi connectivity index (χ0n) is 12.1. The van der Waals surface area contributed by atoms with Gasteiger partial charge in [-0.2, -0.15) is 4.98 Å². The second kappa shape index (κ2) is 6.26. The SMILES string of the molecule is NCC1(c2nc(COc3ccccc3)no2)CCCCC1. The van der Waals surface area contributed by atoms with Gasteiger partial charge in [-0.05, 0) is 25.0 Å². The van der Waals surface area contributed by atoms with Crippen LogP contribution in [-0.4, -0.2) is 16.7 Å². The van der Waals surface area contributed by atoms with Crippen LogP contribution in [-0.2, 0) is 12.0 Å². The minimum Gasteiger partial charge on any atom is -0.485 e. The van der Waals surface area contributed by atoms with Gasteiger partial charge >= 0.3 is 0 Å². The molecule has 1 saturated carbocycles. The average Bonchev–Trinajstić information content (AvgIpc) is 3.04. The molecule has 2 N–H and O–H groups in total. The fourth-order valence-corrected chi connectivity index (χ4v) is 2.93. The van der Waals surface area contributed by atoms with Crippen molar-refractivity contribution in [1.29, 1.82) is 0 Å². The van der Waals surface area contributed by atoms with Crippen LogP contribution in [0.1, 0.15) is 43.8 Å². The van der Waals surface area contributed by atoms with E-state index < -0.39 is 0 Å². The Morgan fingerprint density at radius 2 is 1.90 bits per heavy atom. The van der Waals surface area contributed by atoms with Gasteiger partial charge in [0.25, 0.3) is 0 Å². The fraction of sp³-hybridized carbons (Fsp3) is 0.500. The molecule has 1 aromatic carbocycles. The lowest BCUT2D eigenvalue weighted by atomic mass is 9.74. The topological polar surface area (TPSA) is 74.2 Å². The van der Waals surface area contributed by atoms with Crippen LogP contribution in [0, 0.1) is 0 Å². The molecule has 5 nitrogen and oxygen atoms in total. The molecule has 0 unspecified atom stereocenters. The molecule has 2 aromatic rings. The van der Waals surface area contributed by atoms with E-state index in [1.807, 2.05) is 30.3 Å². The summed E-state index contributed by atoms with van der Waals surface area (Å²) in [5, 5.41) is 4.03. The lowest BCUT2D eigenvalue weighted by Gasteiger charge is -2.32. The van der Waals surface area contributed by atoms with Crippen molar-refractivity contribution in [3.63, 3.8) is 0 Å². The van der Waals surface area contributed by atoms with Crippen LogP contribution in [0.2, 0.25) is 0 Å². The highest BCUT2D eigenvalue weighted by Gasteiger charge is 2.37. The molecule has 21 heavy (non-hydrogen) atoms. The Kier molecular flexibility index (Phi) is 4.20. The van der Waals surface area contributed by atoms with E-state index in [2.05, 4.69) is 10.1 Å². The third kappa shape index (κ3) is 3.08. The molecule has 0 bridgehead atoms. The van der Waals surface area contributed by atoms with E-state index in [1.165, 1.54) is 19.3 Å². The van der Waals surface area contributed by atoms with Crippen LogP contribution in [0.4, 0.5) is 0 Å². The van der Waals surface area contributed by atoms with Crippen LogP contribution in [0.5, 0.6) is 5.75 Å². The van der Waals surface area contributed by atoms with E-state index in [-0.39, 0.29) is 5.41 Å². The Morgan fingerprint density at radius 1 is 1.14 bits per heavy atom. The Balaban J connectivity index is 1.68. The summed E-state index contributed by atoms with van der Waals surface area (Å²) >= 11 is 0. The molecular weight excluding hydrogens is 266 g/mol. The molecule has 0 atom stereocenters. The van der Waals surface area contributed by atoms with Crippen LogP contribution in [0.15, 0.2) is 34.9 Å². The summed E-state index contributed by atoms with van der Waals surface area (Å²) in [7, 11) is 0. The molecule has 1 aromatic heterocycles. The molecule has 0 amide bonds. The van der Waals surface area contributed by atoms with E-state index in [0.717, 1.165) is 18.6 Å². The van der Waals surface area contributed by atoms with Crippen LogP contribution < -0.4 is 10.5 Å². The second-order valence-corrected chi connectivity index (χ2v) is 5.66. The van der Waals surface area contributed by atoms with Gasteiger partial charge in [0.1, 0.15) is 5.75 Å². The molecule has 0 radical (unpaired) electrons. The first-order valence-electron chi connectivity index (χ1n) is 7.53. The zero-order chi connectivity index (χ0) is 14.5. The predicted octanol–water partition coefficient (Wildman–Crippen LogP) is 2.81. The summed E-state index contributed by atoms with van der Waals surface area (Å²) in [4.78, 5) is 4.51. The van der Waals surface area contributed by atoms with Crippen molar-refractivity contribution in [3.8, 4) is 5.75 Å². The summed E-state index contributed by atoms with van der Waals surface area (Å²) in [6, 6.07) is 9.63. The van der Waals surface area contributed by atoms with E-state index in [4.69, 9.17) is 15.0 Å². The third-order valence-corrected chi connectivity index (χ3v) is 4.23. The quantitative estimate of drug-likeness (QED) is 0.915. The van der Waals surface area contributed by atoms with Gasteiger partial charge in [0.05, 0.1) is 5.41 Å². The first-order chi connectivity index (χ1) is 10.3. The normalized spacial score (nSPS) is 17.6. The molecule has 112 valence electrons. The summed E-state index contributed by atoms with van der Waals surface area (Å²) in [6.45, 7) is 0.877. The number of nitrogens with zero attached hydrogens (tertiary/aromatic N) is 2. The van der Waals surface area contributed by atoms with Crippen molar-refractivity contribution < 1.29 is 9.26 Å². The van der Waals surface area contributed by atoms with Crippen LogP contribution in [0.3, 0.4) is 0 Å². The number of nitrogens with two attached hydrogens (primary N) is 1. The number of hydrogen-bond acceptors (Lipinski definition) is 5. The fourth-order valence-electron chi connectivity index (χ4n) is 2.93. The lowest BCUT2D eigenvalue weighted by molar-refractivity contribution is 0.218. The highest BCUT2D eigenvalue weighted by molar-refractivity contribution is 5.21. The van der Waals surface area contributed by atoms with Crippen molar-refractivity contribution >= 4 is 0 Å². The third-order valence-electron chi connectivity index (χ3n) is 4.23. The summed E-state index contributed by atoms with van der Waals surface area (Å²) in [6.07, 6.45) is 5.68. The molecule has 3 rings (SSSR count). The monoisotopic (exact) mass is 287 g/mol. The van der Waals surface area contributed by atoms with Crippen LogP contribution in [0.25, 0.3) is 0 Å². The molecule has 5 heteroatoms. The Morgan fingerprint density at radius 3 is 2.62 bits per heavy atom. The van der Waals surface area contributed by atoms with Crippen molar-refractivity contribution in [2.75, 3.05) is 6.54 Å². The Bertz CT molecular complexity index is 562. The average molecular weight is 287 g/mol. The van der Waals surface area contributed by atoms with Gasteiger partial charge < -0.3 is 15.0 Å². The Hall–Kier alpha value is -1.88. The summed E-state index contributed by atoms with van der Waals surface area (Å²) in [5.74, 6) is 2.05. The van der Waals surface area contributed by atoms with Gasteiger partial charge in [0.15, 0.2) is 6.61 Å². The van der Waals surface area contributed by atoms with Crippen molar-refractivity contribution in [3.05, 3.63) is 42.0 Å². The first kappa shape index (κ1) is 14.1. The van der Waals surface area contributed by atoms with Crippen molar-refractivity contribution in [2.24, 2.45) is 5.73 Å². The molecule has 1 fully saturated rings. The molecule has 1 aliphatic rings. The molecule has 0 saturated heterocycles. The molecule has 1 aliphatic carbocycles. The van der Waals surface area contributed by atoms with E-state index in [0.29, 0.717) is 24.9 Å². The van der Waals surface area contributed by atoms with Gasteiger partial charge in [-0.3, -0.25) is 0 Å². The lowest BCUT2D eigenvalue weighted by Crippen LogP contribution is -2.37. The highest BCUT2D eigenvalue weighted by atomic mass is 16.5. The second-order valence-electron chi connectivity index (χ2n) is 5.66. The minimum absolute atomic E-state index is 0.129. The maximum Gasteiger partial charge on any atom is 0.234 e. The number of ether oxygens (including phenoxy) is 1. The van der Waals surface area contributed by atoms with Crippen molar-refractivity contribution in [1.82, 2.24) is 10.1 Å². The smallest absolute Gasteiger partial charge is 0.234 e. The maximum atomic E-state index is 5.99. The highest BCUT2D eigenvalue weighted by Crippen LogP contribution is 2.37. The standard InChI is InChI=1S/C16H21N3O2/c17-12-16(9-5-2-6-10-16)15-18-14(19-21-15)11-20-13-7-3-1-4-8-13/h1,3-4,7-8H,2,5-6,9-12,17H2. The van der Waals surface area contributed by atoms with Gasteiger partial charge in [-0.25, -0.2) is 0 Å². The van der Waals surface area contributed by atoms with Crippen molar-refractivity contribution in [2.45, 2.75) is 44.1 Å². The van der Waals surface area contributed by atoms with Gasteiger partial charge in [0.2, 0.25) is 11.7 Å². The Labute approximate surface area is 124 Å². The largest absolute Gasteiger partial charge is 0.485 e. The minimum atomic E-state index is -0.129. The summed E-state index contributed by atoms with van der Waals surface area (Å²) < 4.78 is 11.1. The molecule has 0 aliphatic heterocycles. The molecule has 0 spiro atoms. The number of rotatable bonds is 5. The number of aromatic nitrogens is 2. The van der Waals surface area contributed by atoms with Gasteiger partial charge in [-0.1, -0.05) is 42.6 Å². The van der Waals surface area contributed by atoms with Gasteiger partial charge in [0, 0.05) is 6.54 Å². The maximum absolute atomic E-state index is 5.99. The van der Waals surface area contributed by atoms with E-state index in [9.17, 15) is 0 Å².